The number of nitrogens with zero attached hydrogens (tertiary/aromatic N) is 3. The third-order valence-electron chi connectivity index (χ3n) is 2.30. The van der Waals surface area contributed by atoms with Gasteiger partial charge in [0.15, 0.2) is 5.69 Å². The summed E-state index contributed by atoms with van der Waals surface area (Å²) in [7, 11) is 0. The fourth-order valence-electron chi connectivity index (χ4n) is 1.39. The molecule has 2 rings (SSSR count). The largest absolute Gasteiger partial charge is 0.461 e. The Balaban J connectivity index is 2.22. The van der Waals surface area contributed by atoms with Crippen LogP contribution in [0, 0.1) is 0 Å². The number of hydrogen-bond donors (Lipinski definition) is 2. The summed E-state index contributed by atoms with van der Waals surface area (Å²) in [6.07, 6.45) is 0.409. The standard InChI is InChI=1S/C11H12N4O5S/c1-2-19-9(17)8-7(10(18)20-15-8)13-14-11-12-6(3-4-16)5-21-11/h5,15-16H,2-4H2,1H3. The van der Waals surface area contributed by atoms with Gasteiger partial charge >= 0.3 is 11.6 Å². The predicted molar refractivity (Wildman–Crippen MR) is 72.4 cm³/mol. The van der Waals surface area contributed by atoms with Crippen LogP contribution in [0.15, 0.2) is 24.9 Å². The van der Waals surface area contributed by atoms with Gasteiger partial charge < -0.3 is 14.4 Å². The van der Waals surface area contributed by atoms with Crippen molar-refractivity contribution in [2.75, 3.05) is 13.2 Å². The van der Waals surface area contributed by atoms with E-state index in [1.54, 1.807) is 12.3 Å². The van der Waals surface area contributed by atoms with Crippen LogP contribution in [0.3, 0.4) is 0 Å². The number of rotatable bonds is 6. The highest BCUT2D eigenvalue weighted by molar-refractivity contribution is 7.13. The van der Waals surface area contributed by atoms with Gasteiger partial charge in [-0.05, 0) is 6.92 Å². The van der Waals surface area contributed by atoms with E-state index in [0.717, 1.165) is 0 Å². The Hall–Kier alpha value is -2.33. The van der Waals surface area contributed by atoms with Gasteiger partial charge in [-0.2, -0.15) is 0 Å². The monoisotopic (exact) mass is 312 g/mol. The number of ether oxygens (including phenoxy) is 1. The maximum atomic E-state index is 11.6. The average Bonchev–Trinajstić information content (AvgIpc) is 3.04. The van der Waals surface area contributed by atoms with Crippen LogP contribution in [0.25, 0.3) is 0 Å². The van der Waals surface area contributed by atoms with Gasteiger partial charge in [-0.1, -0.05) is 0 Å². The number of carbonyl (C=O) groups excluding carboxylic acids is 1. The number of carbonyl (C=O) groups is 1. The smallest absolute Gasteiger partial charge is 0.385 e. The first kappa shape index (κ1) is 15.1. The third-order valence-corrected chi connectivity index (χ3v) is 3.07. The lowest BCUT2D eigenvalue weighted by Crippen LogP contribution is -2.06. The Morgan fingerprint density at radius 2 is 2.38 bits per heavy atom. The summed E-state index contributed by atoms with van der Waals surface area (Å²) in [6.45, 7) is 1.77. The van der Waals surface area contributed by atoms with Gasteiger partial charge in [0.2, 0.25) is 10.8 Å². The molecule has 0 aliphatic carbocycles. The third kappa shape index (κ3) is 3.61. The number of thiazole rings is 1. The van der Waals surface area contributed by atoms with E-state index < -0.39 is 11.6 Å². The van der Waals surface area contributed by atoms with E-state index in [1.807, 2.05) is 0 Å². The summed E-state index contributed by atoms with van der Waals surface area (Å²) in [6, 6.07) is 0. The van der Waals surface area contributed by atoms with Gasteiger partial charge in [0.05, 0.1) is 12.3 Å². The topological polar surface area (TPSA) is 130 Å². The van der Waals surface area contributed by atoms with Crippen molar-refractivity contribution in [3.8, 4) is 0 Å². The normalized spacial score (nSPS) is 11.1. The van der Waals surface area contributed by atoms with Gasteiger partial charge in [-0.25, -0.2) is 19.7 Å². The first-order valence-electron chi connectivity index (χ1n) is 6.01. The van der Waals surface area contributed by atoms with Crippen LogP contribution in [0.4, 0.5) is 10.8 Å². The molecule has 0 saturated carbocycles. The molecule has 2 aromatic rings. The molecule has 0 aliphatic heterocycles. The molecule has 0 spiro atoms. The van der Waals surface area contributed by atoms with Gasteiger partial charge in [0.1, 0.15) is 0 Å². The zero-order valence-electron chi connectivity index (χ0n) is 11.0. The molecule has 0 amide bonds. The van der Waals surface area contributed by atoms with Crippen molar-refractivity contribution < 1.29 is 19.2 Å². The molecule has 112 valence electrons. The van der Waals surface area contributed by atoms with Gasteiger partial charge in [-0.15, -0.1) is 21.6 Å². The van der Waals surface area contributed by atoms with Crippen LogP contribution in [0.1, 0.15) is 23.1 Å². The van der Waals surface area contributed by atoms with Crippen molar-refractivity contribution in [3.63, 3.8) is 0 Å². The van der Waals surface area contributed by atoms with Crippen LogP contribution >= 0.6 is 11.3 Å². The Labute approximate surface area is 122 Å². The van der Waals surface area contributed by atoms with Crippen molar-refractivity contribution in [1.29, 1.82) is 0 Å². The molecule has 0 atom stereocenters. The van der Waals surface area contributed by atoms with E-state index in [2.05, 4.69) is 24.9 Å². The quantitative estimate of drug-likeness (QED) is 0.614. The molecular formula is C11H12N4O5S. The number of aliphatic hydroxyl groups excluding tert-OH is 1. The van der Waals surface area contributed by atoms with Crippen molar-refractivity contribution in [2.24, 2.45) is 10.2 Å². The molecule has 2 heterocycles. The number of azo groups is 1. The van der Waals surface area contributed by atoms with Gasteiger partial charge in [0, 0.05) is 18.4 Å². The van der Waals surface area contributed by atoms with Crippen molar-refractivity contribution >= 4 is 28.1 Å². The second-order valence-electron chi connectivity index (χ2n) is 3.73. The lowest BCUT2D eigenvalue weighted by molar-refractivity contribution is 0.0515. The minimum atomic E-state index is -0.825. The highest BCUT2D eigenvalue weighted by Crippen LogP contribution is 2.22. The van der Waals surface area contributed by atoms with E-state index in [4.69, 9.17) is 9.84 Å². The highest BCUT2D eigenvalue weighted by Gasteiger charge is 2.20. The van der Waals surface area contributed by atoms with E-state index >= 15 is 0 Å². The summed E-state index contributed by atoms with van der Waals surface area (Å²) in [5, 5.41) is 20.4. The number of hydrogen-bond acceptors (Lipinski definition) is 9. The molecule has 21 heavy (non-hydrogen) atoms. The summed E-state index contributed by atoms with van der Waals surface area (Å²) in [4.78, 5) is 27.1. The number of nitrogens with one attached hydrogen (secondary N) is 1. The van der Waals surface area contributed by atoms with Crippen LogP contribution in [0.5, 0.6) is 0 Å². The molecule has 2 aromatic heterocycles. The van der Waals surface area contributed by atoms with Crippen LogP contribution in [-0.2, 0) is 11.2 Å². The predicted octanol–water partition coefficient (Wildman–Crippen LogP) is 1.55. The first-order valence-corrected chi connectivity index (χ1v) is 6.89. The average molecular weight is 312 g/mol. The van der Waals surface area contributed by atoms with Crippen LogP contribution < -0.4 is 5.63 Å². The number of esters is 1. The van der Waals surface area contributed by atoms with Crippen molar-refractivity contribution in [3.05, 3.63) is 27.2 Å². The molecule has 0 aliphatic rings. The van der Waals surface area contributed by atoms with Crippen LogP contribution in [0.2, 0.25) is 0 Å². The van der Waals surface area contributed by atoms with Gasteiger partial charge in [-0.3, -0.25) is 0 Å². The Morgan fingerprint density at radius 1 is 1.57 bits per heavy atom. The van der Waals surface area contributed by atoms with Gasteiger partial charge in [0.25, 0.3) is 0 Å². The van der Waals surface area contributed by atoms with Crippen LogP contribution in [-0.4, -0.2) is 34.4 Å². The lowest BCUT2D eigenvalue weighted by Gasteiger charge is -1.96. The minimum absolute atomic E-state index is 0.0191. The zero-order valence-corrected chi connectivity index (χ0v) is 11.8. The fraction of sp³-hybridized carbons (Fsp3) is 0.364. The van der Waals surface area contributed by atoms with E-state index in [0.29, 0.717) is 17.2 Å². The molecule has 0 saturated heterocycles. The highest BCUT2D eigenvalue weighted by atomic mass is 32.1. The van der Waals surface area contributed by atoms with Crippen molar-refractivity contribution in [1.82, 2.24) is 10.1 Å². The SMILES string of the molecule is CCOC(=O)c1[nH]oc(=O)c1N=Nc1nc(CCO)cs1. The molecular weight excluding hydrogens is 300 g/mol. The summed E-state index contributed by atoms with van der Waals surface area (Å²) in [5.41, 5.74) is -0.623. The molecule has 0 unspecified atom stereocenters. The second kappa shape index (κ2) is 6.90. The molecule has 0 fully saturated rings. The molecule has 0 radical (unpaired) electrons. The maximum absolute atomic E-state index is 11.6. The molecule has 2 N–H and O–H groups in total. The maximum Gasteiger partial charge on any atom is 0.385 e. The number of H-pyrrole nitrogens is 1. The summed E-state index contributed by atoms with van der Waals surface area (Å²) in [5.74, 6) is -0.752. The minimum Gasteiger partial charge on any atom is -0.461 e. The van der Waals surface area contributed by atoms with E-state index in [1.165, 1.54) is 11.3 Å². The van der Waals surface area contributed by atoms with E-state index in [9.17, 15) is 9.59 Å². The molecule has 0 aromatic carbocycles. The number of aromatic amines is 1. The number of aliphatic hydroxyl groups is 1. The Morgan fingerprint density at radius 3 is 3.10 bits per heavy atom. The molecule has 10 heteroatoms. The lowest BCUT2D eigenvalue weighted by atomic mass is 10.4. The Kier molecular flexibility index (Phi) is 4.95. The summed E-state index contributed by atoms with van der Waals surface area (Å²) >= 11 is 1.20. The number of aromatic nitrogens is 2. The van der Waals surface area contributed by atoms with Crippen molar-refractivity contribution in [2.45, 2.75) is 13.3 Å². The second-order valence-corrected chi connectivity index (χ2v) is 4.57. The first-order chi connectivity index (χ1) is 10.2. The molecule has 9 nitrogen and oxygen atoms in total. The summed E-state index contributed by atoms with van der Waals surface area (Å²) < 4.78 is 9.27. The Bertz CT molecular complexity index is 702. The fourth-order valence-corrected chi connectivity index (χ4v) is 2.06. The molecule has 0 bridgehead atoms. The van der Waals surface area contributed by atoms with E-state index in [-0.39, 0.29) is 24.6 Å². The zero-order chi connectivity index (χ0) is 15.2.